The van der Waals surface area contributed by atoms with E-state index in [0.29, 0.717) is 6.54 Å². The van der Waals surface area contributed by atoms with E-state index in [2.05, 4.69) is 10.6 Å². The lowest BCUT2D eigenvalue weighted by Crippen LogP contribution is -2.36. The molecule has 0 atom stereocenters. The Balaban J connectivity index is 1.94. The second-order valence-electron chi connectivity index (χ2n) is 4.09. The maximum atomic E-state index is 11.5. The number of primary amides is 1. The van der Waals surface area contributed by atoms with Gasteiger partial charge in [0.2, 0.25) is 0 Å². The van der Waals surface area contributed by atoms with Crippen LogP contribution in [0.15, 0.2) is 0 Å². The maximum Gasteiger partial charge on any atom is 0.319 e. The first-order chi connectivity index (χ1) is 8.11. The van der Waals surface area contributed by atoms with Gasteiger partial charge in [-0.2, -0.15) is 0 Å². The number of hydrogen-bond acceptors (Lipinski definition) is 3. The fourth-order valence-corrected chi connectivity index (χ4v) is 1.67. The summed E-state index contributed by atoms with van der Waals surface area (Å²) in [5, 5.41) is 5.73. The van der Waals surface area contributed by atoms with Gasteiger partial charge in [0, 0.05) is 39.8 Å². The minimum absolute atomic E-state index is 0.0993. The van der Waals surface area contributed by atoms with E-state index in [1.54, 1.807) is 4.90 Å². The van der Waals surface area contributed by atoms with Gasteiger partial charge in [0.15, 0.2) is 0 Å². The van der Waals surface area contributed by atoms with Gasteiger partial charge in [-0.05, 0) is 13.0 Å². The van der Waals surface area contributed by atoms with Crippen LogP contribution in [0.3, 0.4) is 0 Å². The van der Waals surface area contributed by atoms with Crippen LogP contribution in [0, 0.1) is 0 Å². The van der Waals surface area contributed by atoms with E-state index in [1.165, 1.54) is 0 Å². The SMILES string of the molecule is CN1CCN(CCNCCCNC(N)=O)C1=O. The zero-order valence-electron chi connectivity index (χ0n) is 10.2. The van der Waals surface area contributed by atoms with Crippen LogP contribution in [0.5, 0.6) is 0 Å². The number of nitrogens with two attached hydrogens (primary N) is 1. The molecule has 1 rings (SSSR count). The summed E-state index contributed by atoms with van der Waals surface area (Å²) in [5.74, 6) is 0. The lowest BCUT2D eigenvalue weighted by molar-refractivity contribution is 0.198. The standard InChI is InChI=1S/C10H21N5O2/c1-14-7-8-15(10(14)17)6-5-12-3-2-4-13-9(11)16/h12H,2-8H2,1H3,(H3,11,13,16). The molecule has 1 aliphatic rings. The molecule has 4 N–H and O–H groups in total. The van der Waals surface area contributed by atoms with E-state index in [1.807, 2.05) is 11.9 Å². The van der Waals surface area contributed by atoms with Crippen LogP contribution in [0.2, 0.25) is 0 Å². The molecule has 98 valence electrons. The van der Waals surface area contributed by atoms with Gasteiger partial charge in [-0.3, -0.25) is 0 Å². The van der Waals surface area contributed by atoms with Crippen LogP contribution >= 0.6 is 0 Å². The van der Waals surface area contributed by atoms with Gasteiger partial charge in [0.25, 0.3) is 0 Å². The molecule has 0 unspecified atom stereocenters. The van der Waals surface area contributed by atoms with Crippen LogP contribution in [0.1, 0.15) is 6.42 Å². The Morgan fingerprint density at radius 1 is 1.35 bits per heavy atom. The molecule has 1 fully saturated rings. The number of carbonyl (C=O) groups excluding carboxylic acids is 2. The molecule has 4 amide bonds. The first kappa shape index (κ1) is 13.6. The van der Waals surface area contributed by atoms with Gasteiger partial charge in [0.1, 0.15) is 0 Å². The zero-order chi connectivity index (χ0) is 12.7. The molecule has 0 aliphatic carbocycles. The van der Waals surface area contributed by atoms with Gasteiger partial charge in [-0.15, -0.1) is 0 Å². The number of nitrogens with zero attached hydrogens (tertiary/aromatic N) is 2. The molecule has 0 spiro atoms. The van der Waals surface area contributed by atoms with Crippen LogP contribution < -0.4 is 16.4 Å². The summed E-state index contributed by atoms with van der Waals surface area (Å²) in [6, 6.07) is -0.391. The van der Waals surface area contributed by atoms with Crippen molar-refractivity contribution in [3.05, 3.63) is 0 Å². The molecule has 0 saturated carbocycles. The first-order valence-electron chi connectivity index (χ1n) is 5.85. The number of hydrogen-bond donors (Lipinski definition) is 3. The van der Waals surface area contributed by atoms with Crippen molar-refractivity contribution in [1.82, 2.24) is 20.4 Å². The summed E-state index contributed by atoms with van der Waals surface area (Å²) in [7, 11) is 1.81. The normalized spacial score (nSPS) is 15.5. The highest BCUT2D eigenvalue weighted by Gasteiger charge is 2.24. The van der Waals surface area contributed by atoms with E-state index >= 15 is 0 Å². The summed E-state index contributed by atoms with van der Waals surface area (Å²) in [4.78, 5) is 25.4. The first-order valence-corrected chi connectivity index (χ1v) is 5.85. The van der Waals surface area contributed by atoms with Crippen molar-refractivity contribution >= 4 is 12.1 Å². The second kappa shape index (κ2) is 6.95. The van der Waals surface area contributed by atoms with Crippen molar-refractivity contribution in [2.24, 2.45) is 5.73 Å². The molecule has 7 nitrogen and oxygen atoms in total. The zero-order valence-corrected chi connectivity index (χ0v) is 10.2. The summed E-state index contributed by atoms with van der Waals surface area (Å²) >= 11 is 0. The smallest absolute Gasteiger partial charge is 0.319 e. The summed E-state index contributed by atoms with van der Waals surface area (Å²) in [5.41, 5.74) is 4.93. The minimum Gasteiger partial charge on any atom is -0.352 e. The Morgan fingerprint density at radius 2 is 2.12 bits per heavy atom. The Morgan fingerprint density at radius 3 is 2.71 bits per heavy atom. The fraction of sp³-hybridized carbons (Fsp3) is 0.800. The van der Waals surface area contributed by atoms with Crippen molar-refractivity contribution < 1.29 is 9.59 Å². The Kier molecular flexibility index (Phi) is 5.55. The predicted octanol–water partition coefficient (Wildman–Crippen LogP) is -0.998. The monoisotopic (exact) mass is 243 g/mol. The topological polar surface area (TPSA) is 90.7 Å². The average Bonchev–Trinajstić information content (AvgIpc) is 2.59. The number of nitrogens with one attached hydrogen (secondary N) is 2. The third-order valence-corrected chi connectivity index (χ3v) is 2.69. The van der Waals surface area contributed by atoms with Gasteiger partial charge in [-0.25, -0.2) is 9.59 Å². The third-order valence-electron chi connectivity index (χ3n) is 2.69. The predicted molar refractivity (Wildman–Crippen MR) is 64.7 cm³/mol. The quantitative estimate of drug-likeness (QED) is 0.501. The van der Waals surface area contributed by atoms with Crippen LogP contribution in [0.4, 0.5) is 9.59 Å². The maximum absolute atomic E-state index is 11.5. The second-order valence-corrected chi connectivity index (χ2v) is 4.09. The fourth-order valence-electron chi connectivity index (χ4n) is 1.67. The van der Waals surface area contributed by atoms with Gasteiger partial charge in [-0.1, -0.05) is 0 Å². The van der Waals surface area contributed by atoms with Crippen molar-refractivity contribution in [3.63, 3.8) is 0 Å². The molecular formula is C10H21N5O2. The van der Waals surface area contributed by atoms with Gasteiger partial charge < -0.3 is 26.2 Å². The van der Waals surface area contributed by atoms with E-state index in [4.69, 9.17) is 5.73 Å². The molecule has 7 heteroatoms. The molecule has 1 heterocycles. The summed E-state index contributed by atoms with van der Waals surface area (Å²) < 4.78 is 0. The van der Waals surface area contributed by atoms with Crippen LogP contribution in [-0.2, 0) is 0 Å². The summed E-state index contributed by atoms with van der Waals surface area (Å²) in [6.45, 7) is 4.50. The van der Waals surface area contributed by atoms with Gasteiger partial charge >= 0.3 is 12.1 Å². The number of likely N-dealkylation sites (N-methyl/N-ethyl adjacent to an activating group) is 1. The summed E-state index contributed by atoms with van der Waals surface area (Å²) in [6.07, 6.45) is 0.830. The number of carbonyl (C=O) groups is 2. The molecule has 0 aromatic carbocycles. The van der Waals surface area contributed by atoms with E-state index in [9.17, 15) is 9.59 Å². The molecule has 0 aromatic heterocycles. The highest BCUT2D eigenvalue weighted by atomic mass is 16.2. The Labute approximate surface area is 101 Å². The van der Waals surface area contributed by atoms with E-state index in [-0.39, 0.29) is 6.03 Å². The van der Waals surface area contributed by atoms with E-state index < -0.39 is 6.03 Å². The number of amides is 4. The minimum atomic E-state index is -0.490. The highest BCUT2D eigenvalue weighted by Crippen LogP contribution is 2.04. The molecule has 17 heavy (non-hydrogen) atoms. The molecule has 0 radical (unpaired) electrons. The van der Waals surface area contributed by atoms with Crippen molar-refractivity contribution in [2.45, 2.75) is 6.42 Å². The largest absolute Gasteiger partial charge is 0.352 e. The Bertz CT molecular complexity index is 271. The van der Waals surface area contributed by atoms with Crippen molar-refractivity contribution in [3.8, 4) is 0 Å². The number of urea groups is 2. The highest BCUT2D eigenvalue weighted by molar-refractivity contribution is 5.76. The lowest BCUT2D eigenvalue weighted by Gasteiger charge is -2.16. The molecule has 0 aromatic rings. The van der Waals surface area contributed by atoms with E-state index in [0.717, 1.165) is 39.1 Å². The van der Waals surface area contributed by atoms with Gasteiger partial charge in [0.05, 0.1) is 0 Å². The molecule has 0 bridgehead atoms. The molecular weight excluding hydrogens is 222 g/mol. The van der Waals surface area contributed by atoms with Crippen molar-refractivity contribution in [2.75, 3.05) is 46.3 Å². The molecule has 1 aliphatic heterocycles. The Hall–Kier alpha value is -1.50. The number of rotatable bonds is 7. The lowest BCUT2D eigenvalue weighted by atomic mass is 10.4. The van der Waals surface area contributed by atoms with Crippen LogP contribution in [-0.4, -0.2) is 68.2 Å². The average molecular weight is 243 g/mol. The molecule has 1 saturated heterocycles. The van der Waals surface area contributed by atoms with Crippen molar-refractivity contribution in [1.29, 1.82) is 0 Å². The third kappa shape index (κ3) is 4.90. The van der Waals surface area contributed by atoms with Crippen LogP contribution in [0.25, 0.3) is 0 Å².